The number of benzene rings is 3. The van der Waals surface area contributed by atoms with E-state index in [1.807, 2.05) is 0 Å². The van der Waals surface area contributed by atoms with Crippen molar-refractivity contribution >= 4 is 21.4 Å². The standard InChI is InChI=1S/C25H23F2N5O2S/c1-16(18-6-8-19(26)9-7-18)34-23-13-20(27)10-11-22(23)24-29-15-30-25(32-24)31-21-5-3-4-17(12-21)14-35(2,28)33/h3-13,15-16,28H,14H2,1-2H3,(H,29,30,31,32). The monoisotopic (exact) mass is 495 g/mol. The van der Waals surface area contributed by atoms with Gasteiger partial charge in [0.25, 0.3) is 0 Å². The quantitative estimate of drug-likeness (QED) is 0.317. The van der Waals surface area contributed by atoms with Gasteiger partial charge in [-0.2, -0.15) is 4.98 Å². The summed E-state index contributed by atoms with van der Waals surface area (Å²) in [5.41, 5.74) is 2.59. The van der Waals surface area contributed by atoms with Crippen molar-refractivity contribution in [2.24, 2.45) is 0 Å². The van der Waals surface area contributed by atoms with Gasteiger partial charge in [-0.25, -0.2) is 23.0 Å². The van der Waals surface area contributed by atoms with Gasteiger partial charge in [-0.1, -0.05) is 24.3 Å². The molecule has 0 radical (unpaired) electrons. The number of hydrogen-bond acceptors (Lipinski definition) is 7. The highest BCUT2D eigenvalue weighted by Crippen LogP contribution is 2.32. The highest BCUT2D eigenvalue weighted by atomic mass is 32.2. The average molecular weight is 496 g/mol. The second-order valence-corrected chi connectivity index (χ2v) is 10.4. The molecule has 0 bridgehead atoms. The Kier molecular flexibility index (Phi) is 7.02. The fraction of sp³-hybridized carbons (Fsp3) is 0.160. The summed E-state index contributed by atoms with van der Waals surface area (Å²) >= 11 is 0. The molecule has 2 atom stereocenters. The summed E-state index contributed by atoms with van der Waals surface area (Å²) in [4.78, 5) is 12.8. The van der Waals surface area contributed by atoms with Gasteiger partial charge in [0.15, 0.2) is 5.82 Å². The van der Waals surface area contributed by atoms with Crippen LogP contribution in [0.2, 0.25) is 0 Å². The molecule has 0 spiro atoms. The molecular weight excluding hydrogens is 472 g/mol. The van der Waals surface area contributed by atoms with E-state index in [0.29, 0.717) is 11.3 Å². The summed E-state index contributed by atoms with van der Waals surface area (Å²) in [5.74, 6) is 0.0364. The fourth-order valence-electron chi connectivity index (χ4n) is 3.44. The number of hydrogen-bond donors (Lipinski definition) is 2. The molecule has 1 aromatic heterocycles. The first-order valence-corrected chi connectivity index (χ1v) is 12.8. The molecule has 0 saturated heterocycles. The highest BCUT2D eigenvalue weighted by molar-refractivity contribution is 7.90. The minimum absolute atomic E-state index is 0.132. The van der Waals surface area contributed by atoms with Crippen LogP contribution in [-0.2, 0) is 15.5 Å². The molecule has 0 amide bonds. The lowest BCUT2D eigenvalue weighted by molar-refractivity contribution is 0.227. The zero-order chi connectivity index (χ0) is 25.0. The number of nitrogens with one attached hydrogen (secondary N) is 2. The van der Waals surface area contributed by atoms with Gasteiger partial charge in [0.1, 0.15) is 29.8 Å². The predicted molar refractivity (Wildman–Crippen MR) is 131 cm³/mol. The molecular formula is C25H23F2N5O2S. The summed E-state index contributed by atoms with van der Waals surface area (Å²) in [6.45, 7) is 1.78. The lowest BCUT2D eigenvalue weighted by atomic mass is 10.1. The lowest BCUT2D eigenvalue weighted by Gasteiger charge is -2.18. The minimum Gasteiger partial charge on any atom is -0.485 e. The lowest BCUT2D eigenvalue weighted by Crippen LogP contribution is -2.06. The molecule has 0 saturated carbocycles. The van der Waals surface area contributed by atoms with E-state index in [4.69, 9.17) is 9.52 Å². The third kappa shape index (κ3) is 6.57. The van der Waals surface area contributed by atoms with Crippen molar-refractivity contribution in [2.75, 3.05) is 11.6 Å². The summed E-state index contributed by atoms with van der Waals surface area (Å²) in [6, 6.07) is 17.1. The van der Waals surface area contributed by atoms with Gasteiger partial charge >= 0.3 is 0 Å². The largest absolute Gasteiger partial charge is 0.485 e. The van der Waals surface area contributed by atoms with Gasteiger partial charge in [-0.3, -0.25) is 4.78 Å². The Morgan fingerprint density at radius 2 is 1.77 bits per heavy atom. The van der Waals surface area contributed by atoms with Crippen molar-refractivity contribution in [3.05, 3.63) is 95.8 Å². The fourth-order valence-corrected chi connectivity index (χ4v) is 4.26. The Labute approximate surface area is 202 Å². The van der Waals surface area contributed by atoms with Crippen molar-refractivity contribution in [3.8, 4) is 17.1 Å². The molecule has 2 unspecified atom stereocenters. The average Bonchev–Trinajstić information content (AvgIpc) is 2.79. The van der Waals surface area contributed by atoms with Gasteiger partial charge in [0, 0.05) is 27.7 Å². The molecule has 0 aliphatic heterocycles. The van der Waals surface area contributed by atoms with E-state index in [2.05, 4.69) is 20.3 Å². The molecule has 35 heavy (non-hydrogen) atoms. The third-order valence-electron chi connectivity index (χ3n) is 5.02. The van der Waals surface area contributed by atoms with Crippen molar-refractivity contribution in [2.45, 2.75) is 18.8 Å². The van der Waals surface area contributed by atoms with E-state index in [0.717, 1.165) is 11.1 Å². The van der Waals surface area contributed by atoms with Gasteiger partial charge in [0.05, 0.1) is 11.3 Å². The molecule has 4 aromatic rings. The first-order chi connectivity index (χ1) is 16.7. The first kappa shape index (κ1) is 24.2. The number of ether oxygens (including phenoxy) is 1. The van der Waals surface area contributed by atoms with Crippen LogP contribution in [0.5, 0.6) is 5.75 Å². The Morgan fingerprint density at radius 1 is 1.03 bits per heavy atom. The second-order valence-electron chi connectivity index (χ2n) is 8.06. The SMILES string of the molecule is CC(Oc1cc(F)ccc1-c1ncnc(Nc2cccc(CS(C)(=N)=O)c2)n1)c1ccc(F)cc1. The molecule has 7 nitrogen and oxygen atoms in total. The molecule has 4 rings (SSSR count). The highest BCUT2D eigenvalue weighted by Gasteiger charge is 2.16. The van der Waals surface area contributed by atoms with Gasteiger partial charge in [-0.15, -0.1) is 0 Å². The molecule has 2 N–H and O–H groups in total. The van der Waals surface area contributed by atoms with E-state index in [1.165, 1.54) is 42.9 Å². The van der Waals surface area contributed by atoms with Crippen LogP contribution in [-0.4, -0.2) is 25.4 Å². The molecule has 0 fully saturated rings. The summed E-state index contributed by atoms with van der Waals surface area (Å²) in [5, 5.41) is 3.08. The smallest absolute Gasteiger partial charge is 0.230 e. The number of aromatic nitrogens is 3. The van der Waals surface area contributed by atoms with E-state index in [1.54, 1.807) is 43.3 Å². The third-order valence-corrected chi connectivity index (χ3v) is 5.91. The van der Waals surface area contributed by atoms with Crippen molar-refractivity contribution in [1.82, 2.24) is 15.0 Å². The van der Waals surface area contributed by atoms with Crippen LogP contribution in [0.25, 0.3) is 11.4 Å². The second kappa shape index (κ2) is 10.1. The Balaban J connectivity index is 1.60. The van der Waals surface area contributed by atoms with Crippen LogP contribution < -0.4 is 10.1 Å². The van der Waals surface area contributed by atoms with E-state index in [9.17, 15) is 13.0 Å². The summed E-state index contributed by atoms with van der Waals surface area (Å²) < 4.78 is 52.8. The van der Waals surface area contributed by atoms with Crippen LogP contribution in [0.1, 0.15) is 24.2 Å². The molecule has 10 heteroatoms. The van der Waals surface area contributed by atoms with Crippen molar-refractivity contribution in [1.29, 1.82) is 4.78 Å². The first-order valence-electron chi connectivity index (χ1n) is 10.6. The number of rotatable bonds is 8. The zero-order valence-electron chi connectivity index (χ0n) is 19.0. The molecule has 0 aliphatic rings. The topological polar surface area (TPSA) is 101 Å². The van der Waals surface area contributed by atoms with Gasteiger partial charge in [-0.05, 0) is 54.4 Å². The van der Waals surface area contributed by atoms with Crippen LogP contribution >= 0.6 is 0 Å². The Bertz CT molecular complexity index is 1450. The minimum atomic E-state index is -2.68. The number of nitrogens with zero attached hydrogens (tertiary/aromatic N) is 3. The van der Waals surface area contributed by atoms with E-state index in [-0.39, 0.29) is 29.1 Å². The zero-order valence-corrected chi connectivity index (χ0v) is 19.9. The number of halogens is 2. The van der Waals surface area contributed by atoms with Gasteiger partial charge < -0.3 is 10.1 Å². The van der Waals surface area contributed by atoms with Crippen LogP contribution in [0.3, 0.4) is 0 Å². The Morgan fingerprint density at radius 3 is 2.51 bits per heavy atom. The maximum absolute atomic E-state index is 14.1. The van der Waals surface area contributed by atoms with Gasteiger partial charge in [0.2, 0.25) is 5.95 Å². The Hall–Kier alpha value is -3.92. The van der Waals surface area contributed by atoms with E-state index >= 15 is 0 Å². The molecule has 3 aromatic carbocycles. The van der Waals surface area contributed by atoms with Crippen LogP contribution in [0.4, 0.5) is 20.4 Å². The molecule has 1 heterocycles. The van der Waals surface area contributed by atoms with Crippen LogP contribution in [0.15, 0.2) is 73.1 Å². The maximum atomic E-state index is 14.1. The maximum Gasteiger partial charge on any atom is 0.230 e. The predicted octanol–water partition coefficient (Wildman–Crippen LogP) is 5.88. The number of anilines is 2. The van der Waals surface area contributed by atoms with Crippen LogP contribution in [0, 0.1) is 16.4 Å². The molecule has 0 aliphatic carbocycles. The van der Waals surface area contributed by atoms with E-state index < -0.39 is 21.7 Å². The normalized spacial score (nSPS) is 13.6. The summed E-state index contributed by atoms with van der Waals surface area (Å²) in [7, 11) is -2.68. The van der Waals surface area contributed by atoms with Crippen molar-refractivity contribution in [3.63, 3.8) is 0 Å². The summed E-state index contributed by atoms with van der Waals surface area (Å²) in [6.07, 6.45) is 2.24. The van der Waals surface area contributed by atoms with Crippen molar-refractivity contribution < 1.29 is 17.7 Å². The molecule has 180 valence electrons.